The minimum Gasteiger partial charge on any atom is -0.330 e. The van der Waals surface area contributed by atoms with Crippen LogP contribution in [0.4, 0.5) is 0 Å². The van der Waals surface area contributed by atoms with Crippen molar-refractivity contribution >= 4 is 21.6 Å². The predicted octanol–water partition coefficient (Wildman–Crippen LogP) is 2.01. The quantitative estimate of drug-likeness (QED) is 0.929. The molecule has 1 atom stereocenters. The summed E-state index contributed by atoms with van der Waals surface area (Å²) in [6.07, 6.45) is 0.801. The molecular weight excluding hydrogens is 284 g/mol. The largest absolute Gasteiger partial charge is 0.330 e. The van der Waals surface area contributed by atoms with E-state index in [-0.39, 0.29) is 5.41 Å². The second-order valence-electron chi connectivity index (χ2n) is 5.51. The highest BCUT2D eigenvalue weighted by Gasteiger charge is 2.39. The van der Waals surface area contributed by atoms with Gasteiger partial charge >= 0.3 is 0 Å². The molecule has 106 valence electrons. The highest BCUT2D eigenvalue weighted by Crippen LogP contribution is 2.33. The van der Waals surface area contributed by atoms with Crippen molar-refractivity contribution in [3.05, 3.63) is 28.8 Å². The van der Waals surface area contributed by atoms with Crippen LogP contribution in [-0.4, -0.2) is 32.4 Å². The molecule has 1 saturated heterocycles. The molecule has 0 amide bonds. The Labute approximate surface area is 119 Å². The molecule has 1 aliphatic rings. The zero-order chi connectivity index (χ0) is 14.3. The fourth-order valence-corrected chi connectivity index (χ4v) is 4.42. The number of aryl methyl sites for hydroxylation is 1. The molecule has 0 bridgehead atoms. The third-order valence-electron chi connectivity index (χ3n) is 3.77. The number of rotatable bonds is 3. The molecular formula is C13H19ClN2O2S. The lowest BCUT2D eigenvalue weighted by molar-refractivity contribution is 0.349. The first kappa shape index (κ1) is 14.8. The number of sulfonamides is 1. The number of nitrogens with zero attached hydrogens (tertiary/aromatic N) is 1. The maximum absolute atomic E-state index is 12.6. The minimum absolute atomic E-state index is 0.118. The van der Waals surface area contributed by atoms with Crippen molar-refractivity contribution in [1.82, 2.24) is 4.31 Å². The van der Waals surface area contributed by atoms with E-state index in [1.54, 1.807) is 25.1 Å². The summed E-state index contributed by atoms with van der Waals surface area (Å²) < 4.78 is 26.7. The summed E-state index contributed by atoms with van der Waals surface area (Å²) in [5.41, 5.74) is 6.28. The molecule has 6 heteroatoms. The Morgan fingerprint density at radius 2 is 2.16 bits per heavy atom. The molecule has 1 unspecified atom stereocenters. The lowest BCUT2D eigenvalue weighted by atomic mass is 9.90. The summed E-state index contributed by atoms with van der Waals surface area (Å²) in [6, 6.07) is 4.86. The van der Waals surface area contributed by atoms with Crippen molar-refractivity contribution in [2.75, 3.05) is 19.6 Å². The summed E-state index contributed by atoms with van der Waals surface area (Å²) in [4.78, 5) is 0.332. The number of halogens is 1. The standard InChI is InChI=1S/C13H19ClN2O2S/c1-10-7-11(14)3-4-12(10)19(17,18)16-6-5-13(2,8-15)9-16/h3-4,7H,5-6,8-9,15H2,1-2H3. The summed E-state index contributed by atoms with van der Waals surface area (Å²) >= 11 is 5.87. The van der Waals surface area contributed by atoms with Crippen molar-refractivity contribution in [2.24, 2.45) is 11.1 Å². The van der Waals surface area contributed by atoms with Crippen molar-refractivity contribution in [3.8, 4) is 0 Å². The molecule has 0 spiro atoms. The lowest BCUT2D eigenvalue weighted by Crippen LogP contribution is -2.34. The monoisotopic (exact) mass is 302 g/mol. The van der Waals surface area contributed by atoms with Gasteiger partial charge in [0.1, 0.15) is 0 Å². The molecule has 0 aromatic heterocycles. The summed E-state index contributed by atoms with van der Waals surface area (Å²) in [6.45, 7) is 5.29. The summed E-state index contributed by atoms with van der Waals surface area (Å²) in [7, 11) is -3.45. The van der Waals surface area contributed by atoms with Crippen molar-refractivity contribution in [3.63, 3.8) is 0 Å². The van der Waals surface area contributed by atoms with E-state index in [9.17, 15) is 8.42 Å². The van der Waals surface area contributed by atoms with Gasteiger partial charge in [-0.05, 0) is 49.1 Å². The van der Waals surface area contributed by atoms with Crippen molar-refractivity contribution < 1.29 is 8.42 Å². The van der Waals surface area contributed by atoms with Gasteiger partial charge in [-0.2, -0.15) is 4.31 Å². The second-order valence-corrected chi connectivity index (χ2v) is 7.86. The SMILES string of the molecule is Cc1cc(Cl)ccc1S(=O)(=O)N1CCC(C)(CN)C1. The van der Waals surface area contributed by atoms with Crippen LogP contribution in [0.5, 0.6) is 0 Å². The molecule has 0 aliphatic carbocycles. The Kier molecular flexibility index (Phi) is 3.93. The van der Waals surface area contributed by atoms with Gasteiger partial charge in [-0.3, -0.25) is 0 Å². The van der Waals surface area contributed by atoms with Gasteiger partial charge in [-0.15, -0.1) is 0 Å². The first-order valence-electron chi connectivity index (χ1n) is 6.25. The van der Waals surface area contributed by atoms with Gasteiger partial charge in [0.05, 0.1) is 4.90 Å². The van der Waals surface area contributed by atoms with E-state index in [4.69, 9.17) is 17.3 Å². The Balaban J connectivity index is 2.34. The van der Waals surface area contributed by atoms with E-state index in [2.05, 4.69) is 0 Å². The molecule has 1 aromatic carbocycles. The highest BCUT2D eigenvalue weighted by molar-refractivity contribution is 7.89. The van der Waals surface area contributed by atoms with Gasteiger partial charge in [0.15, 0.2) is 0 Å². The summed E-state index contributed by atoms with van der Waals surface area (Å²) in [5, 5.41) is 0.546. The molecule has 2 rings (SSSR count). The van der Waals surface area contributed by atoms with Gasteiger partial charge in [-0.25, -0.2) is 8.42 Å². The molecule has 4 nitrogen and oxygen atoms in total. The molecule has 1 heterocycles. The third-order valence-corrected chi connectivity index (χ3v) is 6.01. The van der Waals surface area contributed by atoms with Crippen LogP contribution < -0.4 is 5.73 Å². The van der Waals surface area contributed by atoms with Gasteiger partial charge in [0.2, 0.25) is 10.0 Å². The maximum Gasteiger partial charge on any atom is 0.243 e. The predicted molar refractivity (Wildman–Crippen MR) is 76.7 cm³/mol. The lowest BCUT2D eigenvalue weighted by Gasteiger charge is -2.23. The molecule has 2 N–H and O–H groups in total. The molecule has 19 heavy (non-hydrogen) atoms. The average Bonchev–Trinajstić information content (AvgIpc) is 2.73. The molecule has 1 aromatic rings. The van der Waals surface area contributed by atoms with E-state index >= 15 is 0 Å². The Hall–Kier alpha value is -0.620. The highest BCUT2D eigenvalue weighted by atomic mass is 35.5. The zero-order valence-electron chi connectivity index (χ0n) is 11.2. The smallest absolute Gasteiger partial charge is 0.243 e. The number of hydrogen-bond donors (Lipinski definition) is 1. The maximum atomic E-state index is 12.6. The van der Waals surface area contributed by atoms with E-state index in [0.717, 1.165) is 6.42 Å². The Morgan fingerprint density at radius 1 is 1.47 bits per heavy atom. The molecule has 0 saturated carbocycles. The van der Waals surface area contributed by atoms with Crippen LogP contribution in [0, 0.1) is 12.3 Å². The van der Waals surface area contributed by atoms with Crippen LogP contribution in [0.2, 0.25) is 5.02 Å². The summed E-state index contributed by atoms with van der Waals surface area (Å²) in [5.74, 6) is 0. The van der Waals surface area contributed by atoms with Gasteiger partial charge < -0.3 is 5.73 Å². The van der Waals surface area contributed by atoms with E-state index in [1.165, 1.54) is 4.31 Å². The Bertz CT molecular complexity index is 588. The van der Waals surface area contributed by atoms with Crippen LogP contribution in [-0.2, 0) is 10.0 Å². The molecule has 1 aliphatic heterocycles. The molecule has 1 fully saturated rings. The van der Waals surface area contributed by atoms with Crippen LogP contribution in [0.1, 0.15) is 18.9 Å². The zero-order valence-corrected chi connectivity index (χ0v) is 12.8. The fraction of sp³-hybridized carbons (Fsp3) is 0.538. The van der Waals surface area contributed by atoms with E-state index < -0.39 is 10.0 Å². The van der Waals surface area contributed by atoms with Gasteiger partial charge in [0, 0.05) is 18.1 Å². The van der Waals surface area contributed by atoms with Crippen LogP contribution in [0.15, 0.2) is 23.1 Å². The topological polar surface area (TPSA) is 63.4 Å². The average molecular weight is 303 g/mol. The number of hydrogen-bond acceptors (Lipinski definition) is 3. The first-order chi connectivity index (χ1) is 8.78. The van der Waals surface area contributed by atoms with Crippen molar-refractivity contribution in [2.45, 2.75) is 25.2 Å². The normalized spacial score (nSPS) is 24.8. The minimum atomic E-state index is -3.45. The Morgan fingerprint density at radius 3 is 2.68 bits per heavy atom. The fourth-order valence-electron chi connectivity index (χ4n) is 2.39. The van der Waals surface area contributed by atoms with Crippen LogP contribution in [0.25, 0.3) is 0 Å². The van der Waals surface area contributed by atoms with Crippen LogP contribution in [0.3, 0.4) is 0 Å². The number of benzene rings is 1. The van der Waals surface area contributed by atoms with Gasteiger partial charge in [0.25, 0.3) is 0 Å². The van der Waals surface area contributed by atoms with Crippen LogP contribution >= 0.6 is 11.6 Å². The van der Waals surface area contributed by atoms with Gasteiger partial charge in [-0.1, -0.05) is 18.5 Å². The van der Waals surface area contributed by atoms with E-state index in [0.29, 0.717) is 35.1 Å². The number of nitrogens with two attached hydrogens (primary N) is 1. The van der Waals surface area contributed by atoms with E-state index in [1.807, 2.05) is 6.92 Å². The third kappa shape index (κ3) is 2.79. The second kappa shape index (κ2) is 5.05. The molecule has 0 radical (unpaired) electrons. The van der Waals surface area contributed by atoms with Crippen molar-refractivity contribution in [1.29, 1.82) is 0 Å². The first-order valence-corrected chi connectivity index (χ1v) is 8.07.